The highest BCUT2D eigenvalue weighted by atomic mass is 35.5. The first-order valence-electron chi connectivity index (χ1n) is 9.09. The molecule has 1 aliphatic rings. The summed E-state index contributed by atoms with van der Waals surface area (Å²) in [5.74, 6) is 0.842. The summed E-state index contributed by atoms with van der Waals surface area (Å²) >= 11 is 18.0. The lowest BCUT2D eigenvalue weighted by molar-refractivity contribution is 0.136. The number of furan rings is 1. The van der Waals surface area contributed by atoms with E-state index in [-0.39, 0.29) is 0 Å². The Labute approximate surface area is 175 Å². The van der Waals surface area contributed by atoms with Crippen LogP contribution in [-0.4, -0.2) is 29.1 Å². The Balaban J connectivity index is 1.46. The summed E-state index contributed by atoms with van der Waals surface area (Å²) in [7, 11) is 0. The minimum atomic E-state index is 0.395. The number of nitrogens with one attached hydrogen (secondary N) is 3. The smallest absolute Gasteiger partial charge is 0.181 e. The van der Waals surface area contributed by atoms with Crippen LogP contribution in [0, 0.1) is 0 Å². The van der Waals surface area contributed by atoms with Crippen LogP contribution >= 0.6 is 35.4 Å². The number of hydrogen-bond donors (Lipinski definition) is 3. The largest absolute Gasteiger partial charge is 0.467 e. The Morgan fingerprint density at radius 1 is 1.19 bits per heavy atom. The van der Waals surface area contributed by atoms with Crippen molar-refractivity contribution in [2.24, 2.45) is 0 Å². The number of likely N-dealkylation sites (tertiary alicyclic amines) is 1. The molecule has 1 unspecified atom stereocenters. The molecular formula is C19H24Cl2N4OS. The fourth-order valence-corrected chi connectivity index (χ4v) is 3.92. The highest BCUT2D eigenvalue weighted by Crippen LogP contribution is 2.28. The van der Waals surface area contributed by atoms with Gasteiger partial charge in [-0.15, -0.1) is 0 Å². The van der Waals surface area contributed by atoms with Gasteiger partial charge in [-0.05, 0) is 55.9 Å². The molecule has 27 heavy (non-hydrogen) atoms. The van der Waals surface area contributed by atoms with Gasteiger partial charge in [-0.25, -0.2) is 5.43 Å². The van der Waals surface area contributed by atoms with E-state index in [2.05, 4.69) is 21.1 Å². The van der Waals surface area contributed by atoms with Crippen LogP contribution in [0.25, 0.3) is 0 Å². The molecule has 1 atom stereocenters. The average Bonchev–Trinajstić information content (AvgIpc) is 3.18. The van der Waals surface area contributed by atoms with Gasteiger partial charge < -0.3 is 9.73 Å². The minimum absolute atomic E-state index is 0.395. The van der Waals surface area contributed by atoms with Crippen LogP contribution in [0.2, 0.25) is 10.0 Å². The van der Waals surface area contributed by atoms with E-state index in [0.717, 1.165) is 47.4 Å². The van der Waals surface area contributed by atoms with Crippen molar-refractivity contribution in [2.75, 3.05) is 13.1 Å². The summed E-state index contributed by atoms with van der Waals surface area (Å²) in [5.41, 5.74) is 7.28. The van der Waals surface area contributed by atoms with Crippen molar-refractivity contribution in [1.29, 1.82) is 0 Å². The molecule has 0 bridgehead atoms. The maximum absolute atomic E-state index is 6.35. The van der Waals surface area contributed by atoms with Gasteiger partial charge in [0.1, 0.15) is 5.76 Å². The van der Waals surface area contributed by atoms with E-state index in [1.807, 2.05) is 30.3 Å². The number of hydrazine groups is 1. The molecule has 146 valence electrons. The number of rotatable bonds is 7. The van der Waals surface area contributed by atoms with Crippen molar-refractivity contribution in [3.05, 3.63) is 58.0 Å². The second-order valence-electron chi connectivity index (χ2n) is 6.59. The number of halogens is 2. The van der Waals surface area contributed by atoms with Crippen molar-refractivity contribution in [1.82, 2.24) is 21.1 Å². The minimum Gasteiger partial charge on any atom is -0.467 e. The molecule has 0 amide bonds. The molecule has 1 aromatic heterocycles. The zero-order valence-electron chi connectivity index (χ0n) is 15.0. The molecule has 0 spiro atoms. The summed E-state index contributed by atoms with van der Waals surface area (Å²) in [5, 5.41) is 5.10. The molecule has 0 aliphatic carbocycles. The van der Waals surface area contributed by atoms with Gasteiger partial charge in [0, 0.05) is 34.7 Å². The summed E-state index contributed by atoms with van der Waals surface area (Å²) in [4.78, 5) is 2.44. The molecule has 0 radical (unpaired) electrons. The highest BCUT2D eigenvalue weighted by molar-refractivity contribution is 7.80. The van der Waals surface area contributed by atoms with E-state index in [1.165, 1.54) is 12.8 Å². The first-order valence-corrected chi connectivity index (χ1v) is 10.3. The molecule has 1 fully saturated rings. The van der Waals surface area contributed by atoms with Gasteiger partial charge in [0.25, 0.3) is 0 Å². The first-order chi connectivity index (χ1) is 13.1. The van der Waals surface area contributed by atoms with E-state index < -0.39 is 0 Å². The van der Waals surface area contributed by atoms with E-state index in [1.54, 1.807) is 6.26 Å². The van der Waals surface area contributed by atoms with Crippen molar-refractivity contribution < 1.29 is 4.42 Å². The third-order valence-electron chi connectivity index (χ3n) is 4.71. The monoisotopic (exact) mass is 426 g/mol. The molecule has 3 N–H and O–H groups in total. The molecular weight excluding hydrogens is 403 g/mol. The predicted molar refractivity (Wildman–Crippen MR) is 114 cm³/mol. The van der Waals surface area contributed by atoms with E-state index in [9.17, 15) is 0 Å². The number of thiocarbonyl (C=S) groups is 1. The van der Waals surface area contributed by atoms with Crippen LogP contribution in [0.1, 0.15) is 30.6 Å². The lowest BCUT2D eigenvalue weighted by atomic mass is 10.0. The Morgan fingerprint density at radius 3 is 2.74 bits per heavy atom. The van der Waals surface area contributed by atoms with Gasteiger partial charge in [-0.3, -0.25) is 10.3 Å². The fourth-order valence-electron chi connectivity index (χ4n) is 3.26. The van der Waals surface area contributed by atoms with Gasteiger partial charge in [0.2, 0.25) is 0 Å². The van der Waals surface area contributed by atoms with E-state index >= 15 is 0 Å². The molecule has 1 saturated heterocycles. The third-order valence-corrected chi connectivity index (χ3v) is 5.67. The van der Waals surface area contributed by atoms with Crippen molar-refractivity contribution >= 4 is 40.5 Å². The zero-order valence-corrected chi connectivity index (χ0v) is 17.3. The number of benzene rings is 1. The summed E-state index contributed by atoms with van der Waals surface area (Å²) in [6.45, 7) is 3.13. The molecule has 1 aliphatic heterocycles. The molecule has 3 rings (SSSR count). The number of piperidine rings is 1. The number of nitrogens with zero attached hydrogens (tertiary/aromatic N) is 1. The second-order valence-corrected chi connectivity index (χ2v) is 7.81. The summed E-state index contributed by atoms with van der Waals surface area (Å²) in [6, 6.07) is 9.82. The normalized spacial score (nSPS) is 17.6. The predicted octanol–water partition coefficient (Wildman–Crippen LogP) is 4.11. The quantitative estimate of drug-likeness (QED) is 0.457. The Bertz CT molecular complexity index is 721. The van der Waals surface area contributed by atoms with Crippen LogP contribution in [0.4, 0.5) is 0 Å². The van der Waals surface area contributed by atoms with Crippen LogP contribution in [0.3, 0.4) is 0 Å². The summed E-state index contributed by atoms with van der Waals surface area (Å²) < 4.78 is 5.27. The zero-order chi connectivity index (χ0) is 19.1. The SMILES string of the molecule is S=C(NCc1ccco1)NNCC1CCCCN1Cc1c(Cl)cccc1Cl. The maximum atomic E-state index is 6.35. The van der Waals surface area contributed by atoms with Gasteiger partial charge in [0.05, 0.1) is 12.8 Å². The molecule has 2 aromatic rings. The highest BCUT2D eigenvalue weighted by Gasteiger charge is 2.23. The second kappa shape index (κ2) is 10.3. The fraction of sp³-hybridized carbons (Fsp3) is 0.421. The van der Waals surface area contributed by atoms with Crippen LogP contribution < -0.4 is 16.2 Å². The van der Waals surface area contributed by atoms with Gasteiger partial charge >= 0.3 is 0 Å². The molecule has 0 saturated carbocycles. The van der Waals surface area contributed by atoms with Crippen molar-refractivity contribution in [2.45, 2.75) is 38.4 Å². The molecule has 1 aromatic carbocycles. The third kappa shape index (κ3) is 6.09. The Kier molecular flexibility index (Phi) is 7.79. The molecule has 2 heterocycles. The van der Waals surface area contributed by atoms with E-state index in [0.29, 0.717) is 17.7 Å². The van der Waals surface area contributed by atoms with Gasteiger partial charge in [-0.1, -0.05) is 35.7 Å². The van der Waals surface area contributed by atoms with Gasteiger partial charge in [-0.2, -0.15) is 0 Å². The lowest BCUT2D eigenvalue weighted by Crippen LogP contribution is -2.51. The van der Waals surface area contributed by atoms with Crippen LogP contribution in [0.5, 0.6) is 0 Å². The van der Waals surface area contributed by atoms with Crippen LogP contribution in [-0.2, 0) is 13.1 Å². The first kappa shape index (κ1) is 20.4. The maximum Gasteiger partial charge on any atom is 0.181 e. The molecule has 5 nitrogen and oxygen atoms in total. The van der Waals surface area contributed by atoms with Crippen molar-refractivity contribution in [3.8, 4) is 0 Å². The summed E-state index contributed by atoms with van der Waals surface area (Å²) in [6.07, 6.45) is 5.19. The molecule has 8 heteroatoms. The Hall–Kier alpha value is -1.31. The van der Waals surface area contributed by atoms with Crippen LogP contribution in [0.15, 0.2) is 41.0 Å². The van der Waals surface area contributed by atoms with Crippen molar-refractivity contribution in [3.63, 3.8) is 0 Å². The lowest BCUT2D eigenvalue weighted by Gasteiger charge is -2.36. The van der Waals surface area contributed by atoms with Gasteiger partial charge in [0.15, 0.2) is 5.11 Å². The average molecular weight is 427 g/mol. The Morgan fingerprint density at radius 2 is 2.00 bits per heavy atom. The topological polar surface area (TPSA) is 52.5 Å². The standard InChI is InChI=1S/C19H24Cl2N4OS/c20-17-7-3-8-18(21)16(17)13-25-9-2-1-5-14(25)11-23-24-19(27)22-12-15-6-4-10-26-15/h3-4,6-8,10,14,23H,1-2,5,9,11-13H2,(H2,22,24,27). The number of hydrogen-bond acceptors (Lipinski definition) is 4. The van der Waals surface area contributed by atoms with E-state index in [4.69, 9.17) is 39.8 Å².